The van der Waals surface area contributed by atoms with Crippen LogP contribution >= 0.6 is 0 Å². The summed E-state index contributed by atoms with van der Waals surface area (Å²) >= 11 is 0. The maximum Gasteiger partial charge on any atom is 0.0642 e. The number of nitrogens with two attached hydrogens (primary N) is 1. The Morgan fingerprint density at radius 1 is 2.00 bits per heavy atom. The summed E-state index contributed by atoms with van der Waals surface area (Å²) in [5.74, 6) is -1.09. The fraction of sp³-hybridized carbons (Fsp3) is 0. The van der Waals surface area contributed by atoms with E-state index in [1.54, 1.807) is 0 Å². The van der Waals surface area contributed by atoms with Crippen LogP contribution in [0.3, 0.4) is 0 Å². The van der Waals surface area contributed by atoms with Crippen LogP contribution in [0.1, 0.15) is 0 Å². The third kappa shape index (κ3) is 3.14. The molecule has 0 aliphatic rings. The third-order valence-corrected chi connectivity index (χ3v) is 0.143. The molecule has 5 heavy (non-hydrogen) atoms. The zero-order chi connectivity index (χ0) is 4.28. The molecule has 0 bridgehead atoms. The van der Waals surface area contributed by atoms with Gasteiger partial charge >= 0.3 is 0 Å². The topological polar surface area (TPSA) is 69.3 Å². The van der Waals surface area contributed by atoms with Crippen LogP contribution in [0.2, 0.25) is 0 Å². The van der Waals surface area contributed by atoms with Gasteiger partial charge in [0.2, 0.25) is 0 Å². The van der Waals surface area contributed by atoms with Gasteiger partial charge in [-0.1, -0.05) is 0 Å². The van der Waals surface area contributed by atoms with Gasteiger partial charge in [0.05, 0.1) is 5.95 Å². The molecule has 3 nitrogen and oxygen atoms in total. The van der Waals surface area contributed by atoms with E-state index in [2.05, 4.69) is 5.73 Å². The molecule has 0 aromatic heterocycles. The van der Waals surface area contributed by atoms with Gasteiger partial charge in [0.1, 0.15) is 0 Å². The molecule has 0 aliphatic carbocycles. The van der Waals surface area contributed by atoms with E-state index >= 15 is 0 Å². The van der Waals surface area contributed by atoms with Crippen molar-refractivity contribution >= 4 is 0 Å². The van der Waals surface area contributed by atoms with Crippen LogP contribution in [0.4, 0.5) is 0 Å². The predicted octanol–water partition coefficient (Wildman–Crippen LogP) is -1.34. The number of aliphatic hydroxyl groups is 1. The predicted molar refractivity (Wildman–Crippen MR) is 14.9 cm³/mol. The second kappa shape index (κ2) is 1.46. The van der Waals surface area contributed by atoms with Crippen LogP contribution in [-0.4, -0.2) is 5.11 Å². The quantitative estimate of drug-likeness (QED) is 0.349. The lowest BCUT2D eigenvalue weighted by atomic mass is 10.9. The van der Waals surface area contributed by atoms with Crippen molar-refractivity contribution in [1.29, 1.82) is 0 Å². The Kier molecular flexibility index (Phi) is 1.21. The SMILES string of the molecule is NC=C([O-])O. The molecule has 3 N–H and O–H groups in total. The molecule has 0 saturated carbocycles. The number of rotatable bonds is 0. The molecular weight excluding hydrogens is 70.0 g/mol. The van der Waals surface area contributed by atoms with Crippen LogP contribution < -0.4 is 10.8 Å². The average molecular weight is 74.1 g/mol. The third-order valence-electron chi connectivity index (χ3n) is 0.143. The maximum atomic E-state index is 9.19. The molecular formula is C2H4NO2-. The molecule has 0 heterocycles. The molecule has 0 rings (SSSR count). The highest BCUT2D eigenvalue weighted by Gasteiger charge is 1.52. The van der Waals surface area contributed by atoms with Gasteiger partial charge in [0.25, 0.3) is 0 Å². The summed E-state index contributed by atoms with van der Waals surface area (Å²) in [4.78, 5) is 0. The lowest BCUT2D eigenvalue weighted by molar-refractivity contribution is -0.348. The lowest BCUT2D eigenvalue weighted by Gasteiger charge is -1.88. The monoisotopic (exact) mass is 74.0 g/mol. The first kappa shape index (κ1) is 4.14. The fourth-order valence-electron chi connectivity index (χ4n) is 0. The summed E-state index contributed by atoms with van der Waals surface area (Å²) in [5, 5.41) is 16.7. The minimum absolute atomic E-state index is 0.583. The average Bonchev–Trinajstić information content (AvgIpc) is 1.38. The van der Waals surface area contributed by atoms with Gasteiger partial charge in [-0.25, -0.2) is 0 Å². The zero-order valence-electron chi connectivity index (χ0n) is 2.51. The van der Waals surface area contributed by atoms with Crippen molar-refractivity contribution in [2.45, 2.75) is 0 Å². The zero-order valence-corrected chi connectivity index (χ0v) is 2.51. The van der Waals surface area contributed by atoms with E-state index in [-0.39, 0.29) is 0 Å². The van der Waals surface area contributed by atoms with Crippen LogP contribution in [-0.2, 0) is 0 Å². The lowest BCUT2D eigenvalue weighted by Crippen LogP contribution is -2.03. The molecule has 0 aromatic rings. The van der Waals surface area contributed by atoms with Gasteiger partial charge < -0.3 is 15.9 Å². The van der Waals surface area contributed by atoms with E-state index in [1.165, 1.54) is 0 Å². The van der Waals surface area contributed by atoms with Gasteiger partial charge in [-0.15, -0.1) is 0 Å². The summed E-state index contributed by atoms with van der Waals surface area (Å²) in [6.45, 7) is 0. The highest BCUT2D eigenvalue weighted by Crippen LogP contribution is 1.56. The minimum atomic E-state index is -1.09. The molecule has 0 aliphatic heterocycles. The van der Waals surface area contributed by atoms with Crippen LogP contribution in [0.25, 0.3) is 0 Å². The summed E-state index contributed by atoms with van der Waals surface area (Å²) < 4.78 is 0. The van der Waals surface area contributed by atoms with Crippen LogP contribution in [0, 0.1) is 0 Å². The molecule has 3 heteroatoms. The minimum Gasteiger partial charge on any atom is -0.628 e. The molecule has 0 spiro atoms. The molecule has 0 unspecified atom stereocenters. The fourth-order valence-corrected chi connectivity index (χ4v) is 0. The summed E-state index contributed by atoms with van der Waals surface area (Å²) in [6, 6.07) is 0. The molecule has 0 fully saturated rings. The molecule has 0 radical (unpaired) electrons. The van der Waals surface area contributed by atoms with E-state index in [1.807, 2.05) is 0 Å². The van der Waals surface area contributed by atoms with Crippen molar-refractivity contribution in [3.63, 3.8) is 0 Å². The summed E-state index contributed by atoms with van der Waals surface area (Å²) in [5.41, 5.74) is 4.45. The molecule has 0 saturated heterocycles. The Labute approximate surface area is 29.3 Å². The van der Waals surface area contributed by atoms with Crippen molar-refractivity contribution in [2.24, 2.45) is 5.73 Å². The van der Waals surface area contributed by atoms with Gasteiger partial charge in [0, 0.05) is 6.20 Å². The number of aliphatic hydroxyl groups excluding tert-OH is 1. The van der Waals surface area contributed by atoms with E-state index in [9.17, 15) is 5.11 Å². The molecule has 0 atom stereocenters. The number of hydrogen-bond donors (Lipinski definition) is 2. The Morgan fingerprint density at radius 3 is 2.20 bits per heavy atom. The second-order valence-electron chi connectivity index (χ2n) is 0.505. The van der Waals surface area contributed by atoms with Gasteiger partial charge in [-0.05, 0) is 0 Å². The highest BCUT2D eigenvalue weighted by atomic mass is 16.5. The van der Waals surface area contributed by atoms with Crippen molar-refractivity contribution in [1.82, 2.24) is 0 Å². The van der Waals surface area contributed by atoms with Crippen LogP contribution in [0.5, 0.6) is 0 Å². The molecule has 0 amide bonds. The maximum absolute atomic E-state index is 9.19. The molecule has 30 valence electrons. The van der Waals surface area contributed by atoms with Crippen molar-refractivity contribution in [2.75, 3.05) is 0 Å². The highest BCUT2D eigenvalue weighted by molar-refractivity contribution is 4.67. The summed E-state index contributed by atoms with van der Waals surface area (Å²) in [6.07, 6.45) is 0.583. The first-order valence-corrected chi connectivity index (χ1v) is 1.05. The van der Waals surface area contributed by atoms with Crippen molar-refractivity contribution in [3.8, 4) is 0 Å². The Hall–Kier alpha value is -0.860. The Morgan fingerprint density at radius 2 is 2.20 bits per heavy atom. The molecule has 0 aromatic carbocycles. The van der Waals surface area contributed by atoms with Gasteiger partial charge in [-0.2, -0.15) is 0 Å². The summed E-state index contributed by atoms with van der Waals surface area (Å²) in [7, 11) is 0. The normalized spacial score (nSPS) is 11.6. The van der Waals surface area contributed by atoms with Crippen molar-refractivity contribution in [3.05, 3.63) is 12.1 Å². The van der Waals surface area contributed by atoms with E-state index in [4.69, 9.17) is 5.11 Å². The van der Waals surface area contributed by atoms with Gasteiger partial charge in [-0.3, -0.25) is 0 Å². The van der Waals surface area contributed by atoms with Crippen LogP contribution in [0.15, 0.2) is 12.1 Å². The Balaban J connectivity index is 3.14. The largest absolute Gasteiger partial charge is 0.628 e. The van der Waals surface area contributed by atoms with E-state index < -0.39 is 5.95 Å². The van der Waals surface area contributed by atoms with E-state index in [0.717, 1.165) is 0 Å². The second-order valence-corrected chi connectivity index (χ2v) is 0.505. The van der Waals surface area contributed by atoms with Gasteiger partial charge in [0.15, 0.2) is 0 Å². The first-order valence-electron chi connectivity index (χ1n) is 1.05. The smallest absolute Gasteiger partial charge is 0.0642 e. The number of hydrogen-bond acceptors (Lipinski definition) is 3. The van der Waals surface area contributed by atoms with Crippen molar-refractivity contribution < 1.29 is 10.2 Å². The first-order chi connectivity index (χ1) is 2.27. The Bertz CT molecular complexity index is 45.6. The standard InChI is InChI=1S/C2H5NO2/c3-1-2(4)5/h1,4-5H,3H2/p-1. The van der Waals surface area contributed by atoms with E-state index in [0.29, 0.717) is 6.20 Å².